The van der Waals surface area contributed by atoms with Crippen LogP contribution in [0.5, 0.6) is 0 Å². The van der Waals surface area contributed by atoms with Gasteiger partial charge in [0.05, 0.1) is 31.3 Å². The molecule has 0 heterocycles. The molecule has 1 aliphatic carbocycles. The lowest BCUT2D eigenvalue weighted by Gasteiger charge is -2.10. The maximum Gasteiger partial charge on any atom is 0.337 e. The Labute approximate surface area is 144 Å². The number of anilines is 1. The topological polar surface area (TPSA) is 108 Å². The fraction of sp³-hybridized carbons (Fsp3) is 0.412. The first kappa shape index (κ1) is 18.4. The molecule has 0 bridgehead atoms. The maximum atomic E-state index is 11.9. The van der Waals surface area contributed by atoms with E-state index in [0.29, 0.717) is 0 Å². The quantitative estimate of drug-likeness (QED) is 0.611. The average molecular weight is 349 g/mol. The second-order valence-electron chi connectivity index (χ2n) is 5.76. The second-order valence-corrected chi connectivity index (χ2v) is 5.76. The van der Waals surface area contributed by atoms with Crippen LogP contribution in [0.4, 0.5) is 5.69 Å². The van der Waals surface area contributed by atoms with Crippen LogP contribution in [0, 0.1) is 11.8 Å². The van der Waals surface area contributed by atoms with Gasteiger partial charge in [-0.2, -0.15) is 0 Å². The lowest BCUT2D eigenvalue weighted by Crippen LogP contribution is -2.22. The summed E-state index contributed by atoms with van der Waals surface area (Å²) < 4.78 is 14.2. The number of carbonyl (C=O) groups excluding carboxylic acids is 4. The fourth-order valence-corrected chi connectivity index (χ4v) is 2.26. The maximum absolute atomic E-state index is 11.9. The van der Waals surface area contributed by atoms with Crippen molar-refractivity contribution >= 4 is 29.5 Å². The van der Waals surface area contributed by atoms with E-state index in [-0.39, 0.29) is 28.7 Å². The van der Waals surface area contributed by atoms with E-state index in [0.717, 1.165) is 6.42 Å². The number of esters is 3. The molecule has 1 aliphatic rings. The van der Waals surface area contributed by atoms with Crippen molar-refractivity contribution in [2.75, 3.05) is 26.1 Å². The zero-order valence-corrected chi connectivity index (χ0v) is 14.2. The summed E-state index contributed by atoms with van der Waals surface area (Å²) in [5, 5.41) is 2.47. The van der Waals surface area contributed by atoms with E-state index in [1.54, 1.807) is 0 Å². The molecule has 0 saturated heterocycles. The Morgan fingerprint density at radius 3 is 2.00 bits per heavy atom. The molecule has 2 unspecified atom stereocenters. The standard InChI is InChI=1S/C17H19NO7/c1-9-4-13(9)17(22)25-8-14(19)18-12-6-10(15(20)23-2)5-11(7-12)16(21)24-3/h5-7,9,13H,4,8H2,1-3H3,(H,18,19). The predicted molar refractivity (Wildman–Crippen MR) is 86.0 cm³/mol. The van der Waals surface area contributed by atoms with E-state index in [9.17, 15) is 19.2 Å². The highest BCUT2D eigenvalue weighted by Gasteiger charge is 2.40. The van der Waals surface area contributed by atoms with Crippen molar-refractivity contribution in [2.45, 2.75) is 13.3 Å². The number of amides is 1. The summed E-state index contributed by atoms with van der Waals surface area (Å²) in [6.45, 7) is 1.48. The number of carbonyl (C=O) groups is 4. The summed E-state index contributed by atoms with van der Waals surface area (Å²) in [5.41, 5.74) is 0.332. The molecule has 1 N–H and O–H groups in total. The number of rotatable bonds is 6. The van der Waals surface area contributed by atoms with Crippen LogP contribution < -0.4 is 5.32 Å². The molecular formula is C17H19NO7. The Bertz CT molecular complexity index is 679. The van der Waals surface area contributed by atoms with E-state index in [2.05, 4.69) is 14.8 Å². The van der Waals surface area contributed by atoms with Gasteiger partial charge in [0.2, 0.25) is 0 Å². The lowest BCUT2D eigenvalue weighted by atomic mass is 10.1. The van der Waals surface area contributed by atoms with Crippen molar-refractivity contribution in [3.63, 3.8) is 0 Å². The molecule has 1 fully saturated rings. The van der Waals surface area contributed by atoms with Crippen LogP contribution in [-0.4, -0.2) is 44.6 Å². The summed E-state index contributed by atoms with van der Waals surface area (Å²) in [4.78, 5) is 46.9. The van der Waals surface area contributed by atoms with Gasteiger partial charge in [-0.3, -0.25) is 9.59 Å². The molecule has 0 spiro atoms. The highest BCUT2D eigenvalue weighted by molar-refractivity contribution is 6.00. The van der Waals surface area contributed by atoms with Crippen LogP contribution in [0.25, 0.3) is 0 Å². The van der Waals surface area contributed by atoms with Crippen LogP contribution in [0.15, 0.2) is 18.2 Å². The molecule has 8 nitrogen and oxygen atoms in total. The lowest BCUT2D eigenvalue weighted by molar-refractivity contribution is -0.148. The fourth-order valence-electron chi connectivity index (χ4n) is 2.26. The Hall–Kier alpha value is -2.90. The summed E-state index contributed by atoms with van der Waals surface area (Å²) in [7, 11) is 2.40. The number of ether oxygens (including phenoxy) is 3. The van der Waals surface area contributed by atoms with Crippen molar-refractivity contribution in [1.29, 1.82) is 0 Å². The third-order valence-corrected chi connectivity index (χ3v) is 3.82. The largest absolute Gasteiger partial charge is 0.465 e. The predicted octanol–water partition coefficient (Wildman–Crippen LogP) is 1.40. The molecule has 2 rings (SSSR count). The SMILES string of the molecule is COC(=O)c1cc(NC(=O)COC(=O)C2CC2C)cc(C(=O)OC)c1. The van der Waals surface area contributed by atoms with E-state index in [1.807, 2.05) is 6.92 Å². The first-order valence-electron chi connectivity index (χ1n) is 7.64. The molecule has 0 aromatic heterocycles. The molecule has 8 heteroatoms. The molecule has 0 aliphatic heterocycles. The smallest absolute Gasteiger partial charge is 0.337 e. The summed E-state index contributed by atoms with van der Waals surface area (Å²) in [5.74, 6) is -2.18. The molecule has 1 aromatic rings. The van der Waals surface area contributed by atoms with Gasteiger partial charge in [0, 0.05) is 5.69 Å². The zero-order valence-electron chi connectivity index (χ0n) is 14.2. The molecule has 1 saturated carbocycles. The van der Waals surface area contributed by atoms with E-state index < -0.39 is 30.4 Å². The van der Waals surface area contributed by atoms with Gasteiger partial charge < -0.3 is 19.5 Å². The molecule has 2 atom stereocenters. The van der Waals surface area contributed by atoms with Crippen molar-refractivity contribution in [2.24, 2.45) is 11.8 Å². The Morgan fingerprint density at radius 1 is 1.04 bits per heavy atom. The van der Waals surface area contributed by atoms with Gasteiger partial charge >= 0.3 is 17.9 Å². The van der Waals surface area contributed by atoms with Gasteiger partial charge in [0.15, 0.2) is 6.61 Å². The monoisotopic (exact) mass is 349 g/mol. The number of nitrogens with one attached hydrogen (secondary N) is 1. The van der Waals surface area contributed by atoms with Crippen LogP contribution in [0.2, 0.25) is 0 Å². The summed E-state index contributed by atoms with van der Waals surface area (Å²) >= 11 is 0. The number of methoxy groups -OCH3 is 2. The second kappa shape index (κ2) is 7.78. The van der Waals surface area contributed by atoms with Crippen LogP contribution in [0.1, 0.15) is 34.1 Å². The van der Waals surface area contributed by atoms with Crippen LogP contribution >= 0.6 is 0 Å². The molecule has 25 heavy (non-hydrogen) atoms. The van der Waals surface area contributed by atoms with E-state index >= 15 is 0 Å². The first-order valence-corrected chi connectivity index (χ1v) is 7.64. The first-order chi connectivity index (χ1) is 11.8. The van der Waals surface area contributed by atoms with Crippen molar-refractivity contribution < 1.29 is 33.4 Å². The number of benzene rings is 1. The van der Waals surface area contributed by atoms with Gasteiger partial charge in [-0.05, 0) is 30.5 Å². The molecule has 0 radical (unpaired) electrons. The Kier molecular flexibility index (Phi) is 5.74. The average Bonchev–Trinajstić information content (AvgIpc) is 3.34. The van der Waals surface area contributed by atoms with E-state index in [1.165, 1.54) is 32.4 Å². The van der Waals surface area contributed by atoms with Crippen LogP contribution in [-0.2, 0) is 23.8 Å². The minimum atomic E-state index is -0.671. The normalized spacial score (nSPS) is 18.0. The third-order valence-electron chi connectivity index (χ3n) is 3.82. The number of hydrogen-bond acceptors (Lipinski definition) is 7. The van der Waals surface area contributed by atoms with Crippen molar-refractivity contribution in [3.8, 4) is 0 Å². The minimum absolute atomic E-state index is 0.0736. The highest BCUT2D eigenvalue weighted by atomic mass is 16.5. The zero-order chi connectivity index (χ0) is 18.6. The van der Waals surface area contributed by atoms with Gasteiger partial charge in [-0.1, -0.05) is 6.92 Å². The minimum Gasteiger partial charge on any atom is -0.465 e. The van der Waals surface area contributed by atoms with Gasteiger partial charge in [0.1, 0.15) is 0 Å². The van der Waals surface area contributed by atoms with Gasteiger partial charge in [-0.15, -0.1) is 0 Å². The van der Waals surface area contributed by atoms with Gasteiger partial charge in [0.25, 0.3) is 5.91 Å². The summed E-state index contributed by atoms with van der Waals surface area (Å²) in [6.07, 6.45) is 0.768. The van der Waals surface area contributed by atoms with Crippen LogP contribution in [0.3, 0.4) is 0 Å². The van der Waals surface area contributed by atoms with Gasteiger partial charge in [-0.25, -0.2) is 9.59 Å². The van der Waals surface area contributed by atoms with Crippen molar-refractivity contribution in [1.82, 2.24) is 0 Å². The molecule has 1 aromatic carbocycles. The molecular weight excluding hydrogens is 330 g/mol. The Morgan fingerprint density at radius 2 is 1.56 bits per heavy atom. The third kappa shape index (κ3) is 4.79. The number of hydrogen-bond donors (Lipinski definition) is 1. The molecule has 134 valence electrons. The Balaban J connectivity index is 2.06. The summed E-state index contributed by atoms with van der Waals surface area (Å²) in [6, 6.07) is 3.99. The van der Waals surface area contributed by atoms with E-state index in [4.69, 9.17) is 4.74 Å². The highest BCUT2D eigenvalue weighted by Crippen LogP contribution is 2.38. The van der Waals surface area contributed by atoms with Crippen molar-refractivity contribution in [3.05, 3.63) is 29.3 Å². The molecule has 1 amide bonds.